The Hall–Kier alpha value is -4.52. The summed E-state index contributed by atoms with van der Waals surface area (Å²) in [5.74, 6) is 0.0533. The molecular weight excluding hydrogens is 442 g/mol. The lowest BCUT2D eigenvalue weighted by molar-refractivity contribution is -0.146. The van der Waals surface area contributed by atoms with Crippen molar-refractivity contribution >= 4 is 28.7 Å². The SMILES string of the molecule is CC(=O)Oc1ccc(C2(C)OC(c3cc(-c4ccccc4)nc4ccccc34)=NN2C(C)=O)cc1. The van der Waals surface area contributed by atoms with Crippen LogP contribution in [0.1, 0.15) is 31.9 Å². The number of pyridine rings is 1. The zero-order valence-corrected chi connectivity index (χ0v) is 19.6. The molecule has 1 unspecified atom stereocenters. The van der Waals surface area contributed by atoms with E-state index in [0.717, 1.165) is 27.7 Å². The predicted octanol–water partition coefficient (Wildman–Crippen LogP) is 5.24. The van der Waals surface area contributed by atoms with Crippen molar-refractivity contribution in [1.82, 2.24) is 9.99 Å². The number of rotatable bonds is 4. The number of carbonyl (C=O) groups excluding carboxylic acids is 2. The Morgan fingerprint density at radius 1 is 0.914 bits per heavy atom. The van der Waals surface area contributed by atoms with Crippen LogP contribution in [0.15, 0.2) is 90.0 Å². The third-order valence-corrected chi connectivity index (χ3v) is 5.86. The summed E-state index contributed by atoms with van der Waals surface area (Å²) >= 11 is 0. The van der Waals surface area contributed by atoms with Crippen molar-refractivity contribution in [1.29, 1.82) is 0 Å². The minimum absolute atomic E-state index is 0.270. The number of amides is 1. The first-order chi connectivity index (χ1) is 16.8. The molecule has 2 heterocycles. The van der Waals surface area contributed by atoms with Gasteiger partial charge >= 0.3 is 5.97 Å². The summed E-state index contributed by atoms with van der Waals surface area (Å²) in [7, 11) is 0. The molecule has 0 bridgehead atoms. The molecular formula is C28H23N3O4. The number of carbonyl (C=O) groups is 2. The molecule has 1 amide bonds. The highest BCUT2D eigenvalue weighted by Gasteiger charge is 2.45. The third-order valence-electron chi connectivity index (χ3n) is 5.86. The molecule has 5 rings (SSSR count). The summed E-state index contributed by atoms with van der Waals surface area (Å²) in [6, 6.07) is 26.4. The lowest BCUT2D eigenvalue weighted by Crippen LogP contribution is -2.41. The molecule has 174 valence electrons. The number of hydrogen-bond donors (Lipinski definition) is 0. The van der Waals surface area contributed by atoms with Crippen molar-refractivity contribution in [2.24, 2.45) is 5.10 Å². The molecule has 1 aliphatic heterocycles. The quantitative estimate of drug-likeness (QED) is 0.304. The smallest absolute Gasteiger partial charge is 0.308 e. The number of aromatic nitrogens is 1. The first-order valence-corrected chi connectivity index (χ1v) is 11.2. The van der Waals surface area contributed by atoms with E-state index < -0.39 is 11.7 Å². The van der Waals surface area contributed by atoms with Crippen LogP contribution in [0.4, 0.5) is 0 Å². The Kier molecular flexibility index (Phi) is 5.53. The second kappa shape index (κ2) is 8.68. The van der Waals surface area contributed by atoms with Crippen molar-refractivity contribution < 1.29 is 19.1 Å². The highest BCUT2D eigenvalue weighted by Crippen LogP contribution is 2.38. The van der Waals surface area contributed by atoms with E-state index in [9.17, 15) is 9.59 Å². The van der Waals surface area contributed by atoms with Crippen LogP contribution >= 0.6 is 0 Å². The van der Waals surface area contributed by atoms with Crippen molar-refractivity contribution in [3.63, 3.8) is 0 Å². The average molecular weight is 466 g/mol. The van der Waals surface area contributed by atoms with Gasteiger partial charge in [-0.05, 0) is 36.4 Å². The average Bonchev–Trinajstić information content (AvgIpc) is 3.22. The summed E-state index contributed by atoms with van der Waals surface area (Å²) in [6.45, 7) is 4.57. The first kappa shape index (κ1) is 22.3. The zero-order valence-electron chi connectivity index (χ0n) is 19.6. The van der Waals surface area contributed by atoms with Crippen molar-refractivity contribution in [2.75, 3.05) is 0 Å². The topological polar surface area (TPSA) is 81.1 Å². The van der Waals surface area contributed by atoms with Crippen LogP contribution in [0.3, 0.4) is 0 Å². The predicted molar refractivity (Wildman–Crippen MR) is 132 cm³/mol. The molecule has 1 atom stereocenters. The number of para-hydroxylation sites is 1. The number of nitrogens with zero attached hydrogens (tertiary/aromatic N) is 3. The largest absolute Gasteiger partial charge is 0.443 e. The highest BCUT2D eigenvalue weighted by atomic mass is 16.6. The minimum Gasteiger partial charge on any atom is -0.443 e. The lowest BCUT2D eigenvalue weighted by Gasteiger charge is -2.31. The van der Waals surface area contributed by atoms with Gasteiger partial charge in [0.2, 0.25) is 17.5 Å². The van der Waals surface area contributed by atoms with E-state index in [4.69, 9.17) is 14.5 Å². The second-order valence-electron chi connectivity index (χ2n) is 8.38. The van der Waals surface area contributed by atoms with E-state index in [-0.39, 0.29) is 5.91 Å². The number of benzene rings is 3. The molecule has 0 aliphatic carbocycles. The molecule has 35 heavy (non-hydrogen) atoms. The van der Waals surface area contributed by atoms with Gasteiger partial charge in [-0.1, -0.05) is 48.5 Å². The summed E-state index contributed by atoms with van der Waals surface area (Å²) in [6.07, 6.45) is 0. The Labute approximate surface area is 202 Å². The summed E-state index contributed by atoms with van der Waals surface area (Å²) in [5.41, 5.74) is 2.77. The fourth-order valence-corrected chi connectivity index (χ4v) is 4.21. The summed E-state index contributed by atoms with van der Waals surface area (Å²) in [5, 5.41) is 6.81. The molecule has 0 saturated carbocycles. The maximum atomic E-state index is 12.6. The van der Waals surface area contributed by atoms with Gasteiger partial charge in [0.25, 0.3) is 0 Å². The first-order valence-electron chi connectivity index (χ1n) is 11.2. The maximum Gasteiger partial charge on any atom is 0.308 e. The standard InChI is InChI=1S/C28H23N3O4/c1-18(32)31-28(3,21-13-15-22(16-14-21)34-19(2)33)35-27(30-31)24-17-26(20-9-5-4-6-10-20)29-25-12-8-7-11-23(24)25/h4-17H,1-3H3. The van der Waals surface area contributed by atoms with Crippen LogP contribution < -0.4 is 4.74 Å². The van der Waals surface area contributed by atoms with Gasteiger partial charge in [-0.2, -0.15) is 5.01 Å². The molecule has 0 radical (unpaired) electrons. The normalized spacial score (nSPS) is 17.1. The van der Waals surface area contributed by atoms with E-state index in [0.29, 0.717) is 17.2 Å². The van der Waals surface area contributed by atoms with Gasteiger partial charge in [0.05, 0.1) is 11.2 Å². The fourth-order valence-electron chi connectivity index (χ4n) is 4.21. The van der Waals surface area contributed by atoms with E-state index in [1.807, 2.05) is 60.7 Å². The van der Waals surface area contributed by atoms with Crippen molar-refractivity contribution in [3.8, 4) is 17.0 Å². The van der Waals surface area contributed by atoms with Crippen LogP contribution in [0, 0.1) is 0 Å². The van der Waals surface area contributed by atoms with Crippen LogP contribution in [-0.4, -0.2) is 27.8 Å². The molecule has 0 saturated heterocycles. The van der Waals surface area contributed by atoms with E-state index >= 15 is 0 Å². The van der Waals surface area contributed by atoms with Crippen LogP contribution in [0.25, 0.3) is 22.2 Å². The molecule has 7 heteroatoms. The van der Waals surface area contributed by atoms with Crippen LogP contribution in [0.2, 0.25) is 0 Å². The zero-order chi connectivity index (χ0) is 24.6. The molecule has 4 aromatic rings. The van der Waals surface area contributed by atoms with Gasteiger partial charge in [-0.15, -0.1) is 5.10 Å². The number of fused-ring (bicyclic) bond motifs is 1. The van der Waals surface area contributed by atoms with E-state index in [1.165, 1.54) is 18.9 Å². The van der Waals surface area contributed by atoms with Gasteiger partial charge < -0.3 is 9.47 Å². The Morgan fingerprint density at radius 2 is 1.60 bits per heavy atom. The number of hydrogen-bond acceptors (Lipinski definition) is 6. The van der Waals surface area contributed by atoms with Gasteiger partial charge in [0.15, 0.2) is 0 Å². The number of hydrazone groups is 1. The van der Waals surface area contributed by atoms with Crippen LogP contribution in [0.5, 0.6) is 5.75 Å². The Morgan fingerprint density at radius 3 is 2.29 bits per heavy atom. The molecule has 0 spiro atoms. The molecule has 1 aromatic heterocycles. The van der Waals surface area contributed by atoms with Gasteiger partial charge in [0.1, 0.15) is 5.75 Å². The molecule has 1 aliphatic rings. The molecule has 0 fully saturated rings. The summed E-state index contributed by atoms with van der Waals surface area (Å²) < 4.78 is 11.6. The summed E-state index contributed by atoms with van der Waals surface area (Å²) in [4.78, 5) is 28.7. The number of esters is 1. The minimum atomic E-state index is -1.19. The lowest BCUT2D eigenvalue weighted by atomic mass is 10.0. The Bertz CT molecular complexity index is 1470. The second-order valence-corrected chi connectivity index (χ2v) is 8.38. The third kappa shape index (κ3) is 4.12. The highest BCUT2D eigenvalue weighted by molar-refractivity contribution is 6.08. The van der Waals surface area contributed by atoms with Crippen molar-refractivity contribution in [2.45, 2.75) is 26.5 Å². The van der Waals surface area contributed by atoms with E-state index in [1.54, 1.807) is 31.2 Å². The van der Waals surface area contributed by atoms with Crippen LogP contribution in [-0.2, 0) is 20.1 Å². The van der Waals surface area contributed by atoms with E-state index in [2.05, 4.69) is 5.10 Å². The van der Waals surface area contributed by atoms with Gasteiger partial charge in [-0.3, -0.25) is 9.59 Å². The number of ether oxygens (including phenoxy) is 2. The molecule has 0 N–H and O–H groups in total. The van der Waals surface area contributed by atoms with Crippen molar-refractivity contribution in [3.05, 3.63) is 96.1 Å². The maximum absolute atomic E-state index is 12.6. The van der Waals surface area contributed by atoms with Gasteiger partial charge in [-0.25, -0.2) is 4.98 Å². The Balaban J connectivity index is 1.60. The fraction of sp³-hybridized carbons (Fsp3) is 0.143. The molecule has 7 nitrogen and oxygen atoms in total. The monoisotopic (exact) mass is 465 g/mol. The van der Waals surface area contributed by atoms with Gasteiger partial charge in [0, 0.05) is 42.8 Å². The molecule has 3 aromatic carbocycles.